The van der Waals surface area contributed by atoms with Crippen molar-refractivity contribution in [2.45, 2.75) is 6.04 Å². The van der Waals surface area contributed by atoms with E-state index < -0.39 is 24.5 Å². The van der Waals surface area contributed by atoms with Gasteiger partial charge < -0.3 is 20.3 Å². The van der Waals surface area contributed by atoms with Crippen LogP contribution in [0.15, 0.2) is 36.9 Å². The first-order valence-corrected chi connectivity index (χ1v) is 5.56. The van der Waals surface area contributed by atoms with Gasteiger partial charge in [-0.1, -0.05) is 12.7 Å². The molecular weight excluding hydrogens is 250 g/mol. The van der Waals surface area contributed by atoms with E-state index in [1.807, 2.05) is 0 Å². The smallest absolute Gasteiger partial charge is 0.328 e. The molecule has 1 aromatic carbocycles. The van der Waals surface area contributed by atoms with E-state index >= 15 is 0 Å². The van der Waals surface area contributed by atoms with Crippen LogP contribution in [0.3, 0.4) is 0 Å². The molecule has 0 spiro atoms. The fraction of sp³-hybridized carbons (Fsp3) is 0.231. The van der Waals surface area contributed by atoms with Crippen molar-refractivity contribution in [2.75, 3.05) is 13.2 Å². The van der Waals surface area contributed by atoms with Crippen molar-refractivity contribution in [3.8, 4) is 5.75 Å². The van der Waals surface area contributed by atoms with E-state index in [0.717, 1.165) is 0 Å². The predicted octanol–water partition coefficient (Wildman–Crippen LogP) is 0.427. The Morgan fingerprint density at radius 3 is 2.47 bits per heavy atom. The molecule has 0 aromatic heterocycles. The molecule has 0 bridgehead atoms. The number of carbonyl (C=O) groups excluding carboxylic acids is 1. The Morgan fingerprint density at radius 1 is 1.37 bits per heavy atom. The van der Waals surface area contributed by atoms with Crippen LogP contribution in [0.1, 0.15) is 10.4 Å². The third kappa shape index (κ3) is 4.44. The summed E-state index contributed by atoms with van der Waals surface area (Å²) in [7, 11) is 0. The quantitative estimate of drug-likeness (QED) is 0.621. The number of carboxylic acid groups (broad SMARTS) is 1. The van der Waals surface area contributed by atoms with Crippen LogP contribution >= 0.6 is 0 Å². The molecule has 0 radical (unpaired) electrons. The fourth-order valence-electron chi connectivity index (χ4n) is 1.28. The average Bonchev–Trinajstić information content (AvgIpc) is 2.42. The summed E-state index contributed by atoms with van der Waals surface area (Å²) in [4.78, 5) is 22.4. The SMILES string of the molecule is C=CCOc1ccc(C(=O)N[C@@H](CO)C(=O)O)cc1. The van der Waals surface area contributed by atoms with E-state index in [4.69, 9.17) is 14.9 Å². The summed E-state index contributed by atoms with van der Waals surface area (Å²) in [5.41, 5.74) is 0.283. The zero-order valence-corrected chi connectivity index (χ0v) is 10.2. The summed E-state index contributed by atoms with van der Waals surface area (Å²) in [6.07, 6.45) is 1.60. The highest BCUT2D eigenvalue weighted by atomic mass is 16.5. The predicted molar refractivity (Wildman–Crippen MR) is 68.1 cm³/mol. The number of carbonyl (C=O) groups is 2. The van der Waals surface area contributed by atoms with Crippen molar-refractivity contribution in [1.29, 1.82) is 0 Å². The minimum Gasteiger partial charge on any atom is -0.490 e. The van der Waals surface area contributed by atoms with Crippen molar-refractivity contribution in [1.82, 2.24) is 5.32 Å². The van der Waals surface area contributed by atoms with Crippen LogP contribution in [0.5, 0.6) is 5.75 Å². The molecule has 1 atom stereocenters. The standard InChI is InChI=1S/C13H15NO5/c1-2-7-19-10-5-3-9(4-6-10)12(16)14-11(8-15)13(17)18/h2-6,11,15H,1,7-8H2,(H,14,16)(H,17,18)/t11-/m0/s1. The molecule has 6 heteroatoms. The second-order valence-electron chi connectivity index (χ2n) is 3.67. The van der Waals surface area contributed by atoms with Crippen LogP contribution in [0.25, 0.3) is 0 Å². The Bertz CT molecular complexity index is 455. The molecule has 0 aliphatic carbocycles. The molecule has 102 valence electrons. The zero-order chi connectivity index (χ0) is 14.3. The van der Waals surface area contributed by atoms with Gasteiger partial charge in [-0.25, -0.2) is 4.79 Å². The number of nitrogens with one attached hydrogen (secondary N) is 1. The number of aliphatic carboxylic acids is 1. The van der Waals surface area contributed by atoms with E-state index in [9.17, 15) is 9.59 Å². The van der Waals surface area contributed by atoms with Crippen LogP contribution in [0.4, 0.5) is 0 Å². The lowest BCUT2D eigenvalue weighted by atomic mass is 10.2. The first kappa shape index (κ1) is 14.7. The van der Waals surface area contributed by atoms with Gasteiger partial charge in [0.15, 0.2) is 6.04 Å². The minimum absolute atomic E-state index is 0.283. The Labute approximate surface area is 110 Å². The van der Waals surface area contributed by atoms with Gasteiger partial charge >= 0.3 is 5.97 Å². The molecular formula is C13H15NO5. The van der Waals surface area contributed by atoms with Crippen molar-refractivity contribution in [2.24, 2.45) is 0 Å². The number of carboxylic acids is 1. The lowest BCUT2D eigenvalue weighted by Crippen LogP contribution is -2.43. The van der Waals surface area contributed by atoms with Gasteiger partial charge in [0, 0.05) is 5.56 Å². The molecule has 0 saturated carbocycles. The maximum atomic E-state index is 11.7. The lowest BCUT2D eigenvalue weighted by Gasteiger charge is -2.11. The second-order valence-corrected chi connectivity index (χ2v) is 3.67. The number of aliphatic hydroxyl groups excluding tert-OH is 1. The highest BCUT2D eigenvalue weighted by Crippen LogP contribution is 2.12. The lowest BCUT2D eigenvalue weighted by molar-refractivity contribution is -0.140. The number of amides is 1. The highest BCUT2D eigenvalue weighted by molar-refractivity contribution is 5.96. The van der Waals surface area contributed by atoms with Crippen LogP contribution in [0.2, 0.25) is 0 Å². The van der Waals surface area contributed by atoms with Crippen LogP contribution in [-0.4, -0.2) is 41.3 Å². The summed E-state index contributed by atoms with van der Waals surface area (Å²) in [5, 5.41) is 19.7. The van der Waals surface area contributed by atoms with Gasteiger partial charge in [0.1, 0.15) is 12.4 Å². The van der Waals surface area contributed by atoms with E-state index in [1.54, 1.807) is 18.2 Å². The number of hydrogen-bond acceptors (Lipinski definition) is 4. The van der Waals surface area contributed by atoms with Gasteiger partial charge in [-0.05, 0) is 24.3 Å². The summed E-state index contributed by atoms with van der Waals surface area (Å²) in [5.74, 6) is -1.29. The van der Waals surface area contributed by atoms with Gasteiger partial charge in [-0.15, -0.1) is 0 Å². The van der Waals surface area contributed by atoms with Gasteiger partial charge in [0.25, 0.3) is 5.91 Å². The number of rotatable bonds is 7. The van der Waals surface area contributed by atoms with Crippen LogP contribution in [0, 0.1) is 0 Å². The second kappa shape index (κ2) is 7.17. The highest BCUT2D eigenvalue weighted by Gasteiger charge is 2.19. The van der Waals surface area contributed by atoms with E-state index in [-0.39, 0.29) is 5.56 Å². The average molecular weight is 265 g/mol. The van der Waals surface area contributed by atoms with E-state index in [1.165, 1.54) is 12.1 Å². The van der Waals surface area contributed by atoms with E-state index in [0.29, 0.717) is 12.4 Å². The maximum Gasteiger partial charge on any atom is 0.328 e. The normalized spacial score (nSPS) is 11.4. The number of hydrogen-bond donors (Lipinski definition) is 3. The summed E-state index contributed by atoms with van der Waals surface area (Å²) < 4.78 is 5.25. The Balaban J connectivity index is 2.67. The molecule has 0 heterocycles. The van der Waals surface area contributed by atoms with Crippen LogP contribution < -0.4 is 10.1 Å². The Kier molecular flexibility index (Phi) is 5.56. The Hall–Kier alpha value is -2.34. The third-order valence-electron chi connectivity index (χ3n) is 2.27. The van der Waals surface area contributed by atoms with Gasteiger partial charge in [-0.2, -0.15) is 0 Å². The fourth-order valence-corrected chi connectivity index (χ4v) is 1.28. The van der Waals surface area contributed by atoms with Gasteiger partial charge in [-0.3, -0.25) is 4.79 Å². The van der Waals surface area contributed by atoms with Crippen molar-refractivity contribution in [3.05, 3.63) is 42.5 Å². The Morgan fingerprint density at radius 2 is 2.00 bits per heavy atom. The number of benzene rings is 1. The van der Waals surface area contributed by atoms with Gasteiger partial charge in [0.2, 0.25) is 0 Å². The molecule has 0 fully saturated rings. The monoisotopic (exact) mass is 265 g/mol. The topological polar surface area (TPSA) is 95.9 Å². The molecule has 6 nitrogen and oxygen atoms in total. The molecule has 0 aliphatic heterocycles. The molecule has 1 rings (SSSR count). The molecule has 0 aliphatic rings. The van der Waals surface area contributed by atoms with Crippen molar-refractivity contribution >= 4 is 11.9 Å². The summed E-state index contributed by atoms with van der Waals surface area (Å²) in [6, 6.07) is 4.87. The molecule has 3 N–H and O–H groups in total. The molecule has 1 aromatic rings. The maximum absolute atomic E-state index is 11.7. The largest absolute Gasteiger partial charge is 0.490 e. The van der Waals surface area contributed by atoms with Crippen LogP contribution in [-0.2, 0) is 4.79 Å². The summed E-state index contributed by atoms with van der Waals surface area (Å²) in [6.45, 7) is 3.20. The van der Waals surface area contributed by atoms with Crippen molar-refractivity contribution < 1.29 is 24.5 Å². The third-order valence-corrected chi connectivity index (χ3v) is 2.27. The molecule has 19 heavy (non-hydrogen) atoms. The molecule has 0 saturated heterocycles. The van der Waals surface area contributed by atoms with Crippen molar-refractivity contribution in [3.63, 3.8) is 0 Å². The number of aliphatic hydroxyl groups is 1. The number of ether oxygens (including phenoxy) is 1. The molecule has 1 amide bonds. The first-order chi connectivity index (χ1) is 9.08. The van der Waals surface area contributed by atoms with Gasteiger partial charge in [0.05, 0.1) is 6.61 Å². The summed E-state index contributed by atoms with van der Waals surface area (Å²) >= 11 is 0. The zero-order valence-electron chi connectivity index (χ0n) is 10.2. The first-order valence-electron chi connectivity index (χ1n) is 5.56. The van der Waals surface area contributed by atoms with E-state index in [2.05, 4.69) is 11.9 Å². The molecule has 0 unspecified atom stereocenters. The minimum atomic E-state index is -1.32.